The van der Waals surface area contributed by atoms with Gasteiger partial charge in [-0.05, 0) is 19.3 Å². The standard InChI is InChI=1S/C10H14O/c1-3-5-6-7-8-9-10(11)4-2/h2-3,5-6,10-11H,1,7-9H2/b6-5+. The molecule has 0 aromatic heterocycles. The Morgan fingerprint density at radius 2 is 2.36 bits per heavy atom. The summed E-state index contributed by atoms with van der Waals surface area (Å²) in [6.45, 7) is 3.54. The minimum atomic E-state index is -0.577. The molecule has 11 heavy (non-hydrogen) atoms. The van der Waals surface area contributed by atoms with Crippen molar-refractivity contribution in [2.45, 2.75) is 25.4 Å². The molecule has 60 valence electrons. The Morgan fingerprint density at radius 1 is 1.64 bits per heavy atom. The zero-order chi connectivity index (χ0) is 8.53. The van der Waals surface area contributed by atoms with Crippen molar-refractivity contribution in [1.82, 2.24) is 0 Å². The molecule has 0 heterocycles. The first-order valence-corrected chi connectivity index (χ1v) is 3.73. The fourth-order valence-electron chi connectivity index (χ4n) is 0.705. The summed E-state index contributed by atoms with van der Waals surface area (Å²) in [6, 6.07) is 0. The summed E-state index contributed by atoms with van der Waals surface area (Å²) in [5.74, 6) is 2.27. The van der Waals surface area contributed by atoms with E-state index in [1.165, 1.54) is 0 Å². The van der Waals surface area contributed by atoms with Gasteiger partial charge in [0, 0.05) is 0 Å². The number of aliphatic hydroxyl groups is 1. The van der Waals surface area contributed by atoms with E-state index < -0.39 is 6.10 Å². The van der Waals surface area contributed by atoms with Gasteiger partial charge in [-0.3, -0.25) is 0 Å². The lowest BCUT2D eigenvalue weighted by molar-refractivity contribution is 0.219. The normalized spacial score (nSPS) is 12.7. The summed E-state index contributed by atoms with van der Waals surface area (Å²) in [4.78, 5) is 0. The van der Waals surface area contributed by atoms with Gasteiger partial charge in [-0.2, -0.15) is 0 Å². The van der Waals surface area contributed by atoms with Crippen molar-refractivity contribution < 1.29 is 5.11 Å². The first kappa shape index (κ1) is 10.0. The molecule has 0 aromatic carbocycles. The van der Waals surface area contributed by atoms with E-state index in [1.807, 2.05) is 12.2 Å². The predicted molar refractivity (Wildman–Crippen MR) is 48.0 cm³/mol. The number of rotatable bonds is 5. The molecule has 0 aliphatic heterocycles. The molecule has 1 N–H and O–H groups in total. The molecule has 0 aliphatic rings. The van der Waals surface area contributed by atoms with Crippen molar-refractivity contribution in [2.24, 2.45) is 0 Å². The number of unbranched alkanes of at least 4 members (excludes halogenated alkanes) is 1. The number of hydrogen-bond donors (Lipinski definition) is 1. The summed E-state index contributed by atoms with van der Waals surface area (Å²) in [7, 11) is 0. The second-order valence-electron chi connectivity index (χ2n) is 2.28. The van der Waals surface area contributed by atoms with Gasteiger partial charge in [0.1, 0.15) is 6.10 Å². The zero-order valence-electron chi connectivity index (χ0n) is 6.66. The van der Waals surface area contributed by atoms with Gasteiger partial charge >= 0.3 is 0 Å². The van der Waals surface area contributed by atoms with E-state index >= 15 is 0 Å². The van der Waals surface area contributed by atoms with Crippen molar-refractivity contribution in [3.05, 3.63) is 24.8 Å². The molecule has 0 rings (SSSR count). The topological polar surface area (TPSA) is 20.2 Å². The molecule has 1 nitrogen and oxygen atoms in total. The molecule has 0 saturated carbocycles. The van der Waals surface area contributed by atoms with Crippen LogP contribution in [0.1, 0.15) is 19.3 Å². The van der Waals surface area contributed by atoms with Crippen LogP contribution in [-0.2, 0) is 0 Å². The summed E-state index contributed by atoms with van der Waals surface area (Å²) >= 11 is 0. The van der Waals surface area contributed by atoms with Crippen molar-refractivity contribution in [3.63, 3.8) is 0 Å². The van der Waals surface area contributed by atoms with Crippen LogP contribution in [0.2, 0.25) is 0 Å². The van der Waals surface area contributed by atoms with E-state index in [0.29, 0.717) is 6.42 Å². The maximum absolute atomic E-state index is 8.93. The van der Waals surface area contributed by atoms with E-state index in [-0.39, 0.29) is 0 Å². The maximum atomic E-state index is 8.93. The Balaban J connectivity index is 3.22. The molecule has 0 spiro atoms. The molecule has 0 amide bonds. The fraction of sp³-hybridized carbons (Fsp3) is 0.400. The number of hydrogen-bond acceptors (Lipinski definition) is 1. The fourth-order valence-corrected chi connectivity index (χ4v) is 0.705. The molecule has 0 aromatic rings. The van der Waals surface area contributed by atoms with Gasteiger partial charge in [0.15, 0.2) is 0 Å². The average molecular weight is 150 g/mol. The highest BCUT2D eigenvalue weighted by atomic mass is 16.3. The first-order valence-electron chi connectivity index (χ1n) is 3.73. The molecule has 0 radical (unpaired) electrons. The summed E-state index contributed by atoms with van der Waals surface area (Å²) < 4.78 is 0. The lowest BCUT2D eigenvalue weighted by Gasteiger charge is -1.98. The van der Waals surface area contributed by atoms with Crippen LogP contribution in [0.5, 0.6) is 0 Å². The van der Waals surface area contributed by atoms with Gasteiger partial charge in [0.25, 0.3) is 0 Å². The zero-order valence-corrected chi connectivity index (χ0v) is 6.66. The van der Waals surface area contributed by atoms with Crippen molar-refractivity contribution in [2.75, 3.05) is 0 Å². The molecule has 1 heteroatoms. The lowest BCUT2D eigenvalue weighted by atomic mass is 10.1. The Labute approximate surface area is 68.4 Å². The number of allylic oxidation sites excluding steroid dienone is 3. The highest BCUT2D eigenvalue weighted by Crippen LogP contribution is 2.00. The van der Waals surface area contributed by atoms with E-state index in [4.69, 9.17) is 11.5 Å². The van der Waals surface area contributed by atoms with Gasteiger partial charge in [0.05, 0.1) is 0 Å². The van der Waals surface area contributed by atoms with Crippen LogP contribution < -0.4 is 0 Å². The maximum Gasteiger partial charge on any atom is 0.114 e. The third-order valence-corrected chi connectivity index (χ3v) is 1.31. The molecular formula is C10H14O. The second-order valence-corrected chi connectivity index (χ2v) is 2.28. The smallest absolute Gasteiger partial charge is 0.114 e. The summed E-state index contributed by atoms with van der Waals surface area (Å²) in [5, 5.41) is 8.93. The van der Waals surface area contributed by atoms with Gasteiger partial charge in [-0.25, -0.2) is 0 Å². The summed E-state index contributed by atoms with van der Waals surface area (Å²) in [5.41, 5.74) is 0. The van der Waals surface area contributed by atoms with E-state index in [2.05, 4.69) is 12.5 Å². The van der Waals surface area contributed by atoms with Gasteiger partial charge in [-0.1, -0.05) is 30.7 Å². The van der Waals surface area contributed by atoms with E-state index in [1.54, 1.807) is 6.08 Å². The van der Waals surface area contributed by atoms with Crippen molar-refractivity contribution in [1.29, 1.82) is 0 Å². The second kappa shape index (κ2) is 7.11. The minimum Gasteiger partial charge on any atom is -0.380 e. The predicted octanol–water partition coefficient (Wildman–Crippen LogP) is 1.89. The van der Waals surface area contributed by atoms with Crippen LogP contribution >= 0.6 is 0 Å². The summed E-state index contributed by atoms with van der Waals surface area (Å²) in [6.07, 6.45) is 12.6. The van der Waals surface area contributed by atoms with E-state index in [0.717, 1.165) is 12.8 Å². The van der Waals surface area contributed by atoms with Crippen molar-refractivity contribution in [3.8, 4) is 12.3 Å². The van der Waals surface area contributed by atoms with E-state index in [9.17, 15) is 0 Å². The molecule has 0 fully saturated rings. The van der Waals surface area contributed by atoms with Gasteiger partial charge in [0.2, 0.25) is 0 Å². The SMILES string of the molecule is C#CC(O)CCC/C=C/C=C. The Kier molecular flexibility index (Phi) is 6.46. The molecule has 1 atom stereocenters. The van der Waals surface area contributed by atoms with Crippen LogP contribution in [0.4, 0.5) is 0 Å². The third kappa shape index (κ3) is 6.89. The Morgan fingerprint density at radius 3 is 2.91 bits per heavy atom. The molecular weight excluding hydrogens is 136 g/mol. The lowest BCUT2D eigenvalue weighted by Crippen LogP contribution is -2.00. The highest BCUT2D eigenvalue weighted by molar-refractivity contribution is 4.97. The molecule has 0 aliphatic carbocycles. The molecule has 1 unspecified atom stereocenters. The largest absolute Gasteiger partial charge is 0.380 e. The first-order chi connectivity index (χ1) is 5.31. The van der Waals surface area contributed by atoms with Gasteiger partial charge in [-0.15, -0.1) is 6.42 Å². The van der Waals surface area contributed by atoms with Crippen LogP contribution in [0.25, 0.3) is 0 Å². The molecule has 0 saturated heterocycles. The highest BCUT2D eigenvalue weighted by Gasteiger charge is 1.95. The van der Waals surface area contributed by atoms with Gasteiger partial charge < -0.3 is 5.11 Å². The van der Waals surface area contributed by atoms with Crippen LogP contribution in [0.15, 0.2) is 24.8 Å². The van der Waals surface area contributed by atoms with Crippen LogP contribution in [0.3, 0.4) is 0 Å². The van der Waals surface area contributed by atoms with Crippen molar-refractivity contribution >= 4 is 0 Å². The Bertz CT molecular complexity index is 162. The minimum absolute atomic E-state index is 0.577. The third-order valence-electron chi connectivity index (χ3n) is 1.31. The molecule has 0 bridgehead atoms. The number of terminal acetylenes is 1. The van der Waals surface area contributed by atoms with Crippen LogP contribution in [-0.4, -0.2) is 11.2 Å². The Hall–Kier alpha value is -1.00. The monoisotopic (exact) mass is 150 g/mol. The quantitative estimate of drug-likeness (QED) is 0.360. The van der Waals surface area contributed by atoms with Crippen LogP contribution in [0, 0.1) is 12.3 Å². The average Bonchev–Trinajstić information content (AvgIpc) is 2.04. The number of aliphatic hydroxyl groups excluding tert-OH is 1.